The predicted molar refractivity (Wildman–Crippen MR) is 90.0 cm³/mol. The Morgan fingerprint density at radius 1 is 1.30 bits per heavy atom. The van der Waals surface area contributed by atoms with Gasteiger partial charge in [0.25, 0.3) is 0 Å². The van der Waals surface area contributed by atoms with Gasteiger partial charge in [0.1, 0.15) is 0 Å². The molecule has 0 saturated carbocycles. The Morgan fingerprint density at radius 3 is 2.87 bits per heavy atom. The Kier molecular flexibility index (Phi) is 4.83. The van der Waals surface area contributed by atoms with E-state index in [0.717, 1.165) is 21.9 Å². The minimum Gasteiger partial charge on any atom is -0.454 e. The zero-order chi connectivity index (χ0) is 16.2. The number of hydrogen-bond donors (Lipinski definition) is 1. The van der Waals surface area contributed by atoms with Crippen LogP contribution in [-0.2, 0) is 11.2 Å². The van der Waals surface area contributed by atoms with E-state index in [-0.39, 0.29) is 18.7 Å². The Hall–Kier alpha value is -2.05. The molecule has 0 radical (unpaired) electrons. The van der Waals surface area contributed by atoms with E-state index in [1.165, 1.54) is 0 Å². The van der Waals surface area contributed by atoms with Crippen molar-refractivity contribution in [2.75, 3.05) is 27.4 Å². The summed E-state index contributed by atoms with van der Waals surface area (Å²) in [6.07, 6.45) is 0.430. The molecule has 1 aromatic carbocycles. The van der Waals surface area contributed by atoms with Crippen LogP contribution >= 0.6 is 11.3 Å². The summed E-state index contributed by atoms with van der Waals surface area (Å²) in [6, 6.07) is 9.94. The molecular formula is C17H20N2O3S. The van der Waals surface area contributed by atoms with Crippen molar-refractivity contribution in [1.82, 2.24) is 10.2 Å². The number of carbonyl (C=O) groups is 1. The van der Waals surface area contributed by atoms with Gasteiger partial charge in [0.05, 0.1) is 12.5 Å². The van der Waals surface area contributed by atoms with Crippen molar-refractivity contribution in [2.24, 2.45) is 0 Å². The third kappa shape index (κ3) is 3.83. The number of thiophene rings is 1. The first-order valence-corrected chi connectivity index (χ1v) is 8.36. The Bertz CT molecular complexity index is 670. The van der Waals surface area contributed by atoms with Crippen LogP contribution in [0.2, 0.25) is 0 Å². The first kappa shape index (κ1) is 15.8. The largest absolute Gasteiger partial charge is 0.454 e. The second-order valence-corrected chi connectivity index (χ2v) is 6.68. The van der Waals surface area contributed by atoms with Gasteiger partial charge in [-0.1, -0.05) is 12.1 Å². The quantitative estimate of drug-likeness (QED) is 0.883. The lowest BCUT2D eigenvalue weighted by atomic mass is 10.1. The highest BCUT2D eigenvalue weighted by atomic mass is 32.1. The fourth-order valence-electron chi connectivity index (χ4n) is 2.56. The molecule has 1 aromatic heterocycles. The molecule has 1 aliphatic rings. The summed E-state index contributed by atoms with van der Waals surface area (Å²) in [6.45, 7) is 0.819. The van der Waals surface area contributed by atoms with E-state index in [1.807, 2.05) is 49.8 Å². The molecular weight excluding hydrogens is 312 g/mol. The number of hydrogen-bond acceptors (Lipinski definition) is 5. The van der Waals surface area contributed by atoms with Gasteiger partial charge in [-0.25, -0.2) is 0 Å². The van der Waals surface area contributed by atoms with Crippen molar-refractivity contribution in [3.63, 3.8) is 0 Å². The second-order valence-electron chi connectivity index (χ2n) is 5.65. The lowest BCUT2D eigenvalue weighted by Gasteiger charge is -2.25. The summed E-state index contributed by atoms with van der Waals surface area (Å²) in [7, 11) is 4.00. The van der Waals surface area contributed by atoms with Crippen LogP contribution in [0.15, 0.2) is 35.7 Å². The van der Waals surface area contributed by atoms with Gasteiger partial charge in [-0.3, -0.25) is 4.79 Å². The summed E-state index contributed by atoms with van der Waals surface area (Å²) in [5, 5.41) is 5.01. The molecule has 1 N–H and O–H groups in total. The lowest BCUT2D eigenvalue weighted by molar-refractivity contribution is -0.120. The van der Waals surface area contributed by atoms with Gasteiger partial charge in [-0.05, 0) is 43.2 Å². The minimum absolute atomic E-state index is 0.0417. The van der Waals surface area contributed by atoms with E-state index in [0.29, 0.717) is 13.0 Å². The highest BCUT2D eigenvalue weighted by Crippen LogP contribution is 2.34. The van der Waals surface area contributed by atoms with Crippen molar-refractivity contribution in [2.45, 2.75) is 12.5 Å². The first-order valence-electron chi connectivity index (χ1n) is 7.48. The Balaban J connectivity index is 1.64. The Morgan fingerprint density at radius 2 is 2.13 bits per heavy atom. The monoisotopic (exact) mass is 332 g/mol. The van der Waals surface area contributed by atoms with E-state index in [4.69, 9.17) is 9.47 Å². The molecule has 1 atom stereocenters. The standard InChI is InChI=1S/C17H20N2O3S/c1-19(2)14(10-18-17(20)9-13-4-3-7-23-13)12-5-6-15-16(8-12)22-11-21-15/h3-8,14H,9-11H2,1-2H3,(H,18,20)/t14-/m1/s1. The number of nitrogens with zero attached hydrogens (tertiary/aromatic N) is 1. The molecule has 0 spiro atoms. The van der Waals surface area contributed by atoms with Crippen LogP contribution in [0.3, 0.4) is 0 Å². The summed E-state index contributed by atoms with van der Waals surface area (Å²) >= 11 is 1.60. The molecule has 1 aliphatic heterocycles. The number of ether oxygens (including phenoxy) is 2. The molecule has 122 valence electrons. The van der Waals surface area contributed by atoms with Crippen LogP contribution in [0.4, 0.5) is 0 Å². The Labute approximate surface area is 139 Å². The molecule has 0 saturated heterocycles. The summed E-state index contributed by atoms with van der Waals surface area (Å²) in [4.78, 5) is 15.3. The van der Waals surface area contributed by atoms with Crippen molar-refractivity contribution in [1.29, 1.82) is 0 Å². The van der Waals surface area contributed by atoms with E-state index in [9.17, 15) is 4.79 Å². The maximum Gasteiger partial charge on any atom is 0.231 e. The number of nitrogens with one attached hydrogen (secondary N) is 1. The maximum absolute atomic E-state index is 12.1. The molecule has 3 rings (SSSR count). The molecule has 6 heteroatoms. The molecule has 0 aliphatic carbocycles. The number of rotatable bonds is 6. The van der Waals surface area contributed by atoms with Gasteiger partial charge in [-0.15, -0.1) is 11.3 Å². The zero-order valence-electron chi connectivity index (χ0n) is 13.2. The van der Waals surface area contributed by atoms with E-state index in [1.54, 1.807) is 11.3 Å². The number of likely N-dealkylation sites (N-methyl/N-ethyl adjacent to an activating group) is 1. The number of carbonyl (C=O) groups excluding carboxylic acids is 1. The van der Waals surface area contributed by atoms with E-state index >= 15 is 0 Å². The zero-order valence-corrected chi connectivity index (χ0v) is 14.1. The van der Waals surface area contributed by atoms with E-state index < -0.39 is 0 Å². The minimum atomic E-state index is 0.0417. The van der Waals surface area contributed by atoms with Gasteiger partial charge < -0.3 is 19.7 Å². The van der Waals surface area contributed by atoms with Crippen LogP contribution in [-0.4, -0.2) is 38.2 Å². The van der Waals surface area contributed by atoms with Crippen molar-refractivity contribution in [3.8, 4) is 11.5 Å². The van der Waals surface area contributed by atoms with Crippen LogP contribution in [0.1, 0.15) is 16.5 Å². The number of benzene rings is 1. The SMILES string of the molecule is CN(C)[C@H](CNC(=O)Cc1cccs1)c1ccc2c(c1)OCO2. The van der Waals surface area contributed by atoms with E-state index in [2.05, 4.69) is 10.2 Å². The third-order valence-corrected chi connectivity index (χ3v) is 4.69. The van der Waals surface area contributed by atoms with Crippen molar-refractivity contribution >= 4 is 17.2 Å². The predicted octanol–water partition coefficient (Wildman–Crippen LogP) is 2.44. The topological polar surface area (TPSA) is 50.8 Å². The molecule has 0 fully saturated rings. The maximum atomic E-state index is 12.1. The van der Waals surface area contributed by atoms with Crippen LogP contribution in [0.25, 0.3) is 0 Å². The number of amides is 1. The number of fused-ring (bicyclic) bond motifs is 1. The second kappa shape index (κ2) is 7.02. The normalized spacial score (nSPS) is 14.0. The van der Waals surface area contributed by atoms with Crippen molar-refractivity contribution < 1.29 is 14.3 Å². The molecule has 0 bridgehead atoms. The molecule has 1 amide bonds. The first-order chi connectivity index (χ1) is 11.1. The molecule has 2 heterocycles. The van der Waals surface area contributed by atoms with Gasteiger partial charge >= 0.3 is 0 Å². The summed E-state index contributed by atoms with van der Waals surface area (Å²) in [5.41, 5.74) is 1.09. The molecule has 5 nitrogen and oxygen atoms in total. The third-order valence-electron chi connectivity index (χ3n) is 3.81. The van der Waals surface area contributed by atoms with Gasteiger partial charge in [0.15, 0.2) is 11.5 Å². The smallest absolute Gasteiger partial charge is 0.231 e. The highest BCUT2D eigenvalue weighted by Gasteiger charge is 2.20. The van der Waals surface area contributed by atoms with Crippen LogP contribution in [0.5, 0.6) is 11.5 Å². The van der Waals surface area contributed by atoms with Crippen LogP contribution < -0.4 is 14.8 Å². The fraction of sp³-hybridized carbons (Fsp3) is 0.353. The summed E-state index contributed by atoms with van der Waals surface area (Å²) < 4.78 is 10.8. The average molecular weight is 332 g/mol. The van der Waals surface area contributed by atoms with Crippen molar-refractivity contribution in [3.05, 3.63) is 46.2 Å². The molecule has 23 heavy (non-hydrogen) atoms. The summed E-state index contributed by atoms with van der Waals surface area (Å²) in [5.74, 6) is 1.58. The van der Waals surface area contributed by atoms with Crippen LogP contribution in [0, 0.1) is 0 Å². The van der Waals surface area contributed by atoms with Gasteiger partial charge in [0.2, 0.25) is 12.7 Å². The highest BCUT2D eigenvalue weighted by molar-refractivity contribution is 7.10. The fourth-order valence-corrected chi connectivity index (χ4v) is 3.27. The van der Waals surface area contributed by atoms with Gasteiger partial charge in [-0.2, -0.15) is 0 Å². The molecule has 2 aromatic rings. The van der Waals surface area contributed by atoms with Gasteiger partial charge in [0, 0.05) is 11.4 Å². The molecule has 0 unspecified atom stereocenters. The average Bonchev–Trinajstić information content (AvgIpc) is 3.17. The lowest BCUT2D eigenvalue weighted by Crippen LogP contribution is -2.35.